The van der Waals surface area contributed by atoms with Gasteiger partial charge >= 0.3 is 0 Å². The molecule has 4 nitrogen and oxygen atoms in total. The van der Waals surface area contributed by atoms with E-state index in [0.29, 0.717) is 6.61 Å². The summed E-state index contributed by atoms with van der Waals surface area (Å²) in [7, 11) is -5.11. The molecule has 0 amide bonds. The monoisotopic (exact) mass is 533 g/mol. The van der Waals surface area contributed by atoms with E-state index in [0.717, 1.165) is 6.42 Å². The minimum atomic E-state index is -1.77. The number of hydrogen-bond donors (Lipinski definition) is 1. The second kappa shape index (κ2) is 17.9. The van der Waals surface area contributed by atoms with Gasteiger partial charge in [-0.25, -0.2) is 0 Å². The van der Waals surface area contributed by atoms with Gasteiger partial charge in [-0.2, -0.15) is 0 Å². The van der Waals surface area contributed by atoms with E-state index in [1.54, 1.807) is 0 Å². The molecule has 0 aliphatic heterocycles. The van der Waals surface area contributed by atoms with Crippen LogP contribution in [0.1, 0.15) is 90.4 Å². The van der Waals surface area contributed by atoms with E-state index in [2.05, 4.69) is 65.8 Å². The van der Waals surface area contributed by atoms with Crippen molar-refractivity contribution in [2.75, 3.05) is 6.61 Å². The summed E-state index contributed by atoms with van der Waals surface area (Å²) in [6, 6.07) is -0.142. The Bertz CT molecular complexity index is 487. The molecule has 0 spiro atoms. The molecule has 206 valence electrons. The van der Waals surface area contributed by atoms with Gasteiger partial charge in [-0.05, 0) is 65.3 Å². The summed E-state index contributed by atoms with van der Waals surface area (Å²) >= 11 is 0. The molecule has 0 aromatic heterocycles. The average molecular weight is 534 g/mol. The summed E-state index contributed by atoms with van der Waals surface area (Å²) in [4.78, 5) is 0. The molecular weight excluding hydrogens is 471 g/mol. The zero-order chi connectivity index (χ0) is 26.3. The van der Waals surface area contributed by atoms with Crippen LogP contribution in [-0.4, -0.2) is 49.8 Å². The van der Waals surface area contributed by atoms with Crippen LogP contribution in [0.3, 0.4) is 0 Å². The third-order valence-corrected chi connectivity index (χ3v) is 8.86. The van der Waals surface area contributed by atoms with Crippen LogP contribution in [-0.2, 0) is 13.3 Å². The maximum Gasteiger partial charge on any atom is 0.184 e. The van der Waals surface area contributed by atoms with E-state index < -0.39 is 25.0 Å². The summed E-state index contributed by atoms with van der Waals surface area (Å²) in [6.45, 7) is 23.1. The second-order valence-corrected chi connectivity index (χ2v) is 26.7. The van der Waals surface area contributed by atoms with Crippen molar-refractivity contribution in [1.82, 2.24) is 0 Å². The topological polar surface area (TPSA) is 53.7 Å². The second-order valence-electron chi connectivity index (χ2n) is 13.2. The molecule has 0 unspecified atom stereocenters. The van der Waals surface area contributed by atoms with E-state index >= 15 is 0 Å². The molecule has 0 radical (unpaired) electrons. The highest BCUT2D eigenvalue weighted by atomic mass is 28.4. The molecule has 0 bridgehead atoms. The zero-order valence-corrected chi connectivity index (χ0v) is 27.9. The molecule has 0 aromatic carbocycles. The molecule has 0 aliphatic rings. The highest BCUT2D eigenvalue weighted by Gasteiger charge is 2.36. The van der Waals surface area contributed by atoms with Gasteiger partial charge in [0.15, 0.2) is 25.0 Å². The Labute approximate surface area is 217 Å². The summed E-state index contributed by atoms with van der Waals surface area (Å²) in [6.07, 6.45) is 17.4. The van der Waals surface area contributed by atoms with Crippen LogP contribution in [0.25, 0.3) is 0 Å². The van der Waals surface area contributed by atoms with Crippen molar-refractivity contribution in [2.45, 2.75) is 168 Å². The Kier molecular flexibility index (Phi) is 18.1. The number of nitrogens with two attached hydrogens (primary N) is 1. The van der Waals surface area contributed by atoms with E-state index in [9.17, 15) is 0 Å². The third kappa shape index (κ3) is 21.7. The first-order chi connectivity index (χ1) is 15.6. The van der Waals surface area contributed by atoms with Crippen LogP contribution >= 0.6 is 0 Å². The van der Waals surface area contributed by atoms with Crippen molar-refractivity contribution in [1.29, 1.82) is 0 Å². The first-order valence-corrected chi connectivity index (χ1v) is 24.6. The van der Waals surface area contributed by atoms with Crippen LogP contribution in [0.15, 0.2) is 0 Å². The fraction of sp³-hybridized carbons (Fsp3) is 1.00. The standard InChI is InChI=1S/C27H63NO3Si3/c1-11-12-13-14-15-16-17-18-19-20-21-22-23-26(30-33(5,6)7)27(31-34(8,9)10)25(28)24-29-32(2,3)4/h25-27H,11-24,28H2,1-10H3/t25-,26+,27-/m0/s1. The maximum absolute atomic E-state index is 6.72. The van der Waals surface area contributed by atoms with Crippen molar-refractivity contribution in [3.05, 3.63) is 0 Å². The molecule has 0 rings (SSSR count). The quantitative estimate of drug-likeness (QED) is 0.112. The number of unbranched alkanes of at least 4 members (excludes halogenated alkanes) is 11. The maximum atomic E-state index is 6.72. The summed E-state index contributed by atoms with van der Waals surface area (Å²) < 4.78 is 19.6. The SMILES string of the molecule is CCCCCCCCCCCCCC[C@@H](O[Si](C)(C)C)[C@@H](O[Si](C)(C)C)[C@@H](N)CO[Si](C)(C)C. The molecule has 0 saturated heterocycles. The van der Waals surface area contributed by atoms with Crippen LogP contribution in [0, 0.1) is 0 Å². The fourth-order valence-electron chi connectivity index (χ4n) is 4.22. The summed E-state index contributed by atoms with van der Waals surface area (Å²) in [5.74, 6) is 0. The van der Waals surface area contributed by atoms with Gasteiger partial charge in [0, 0.05) is 0 Å². The van der Waals surface area contributed by atoms with Gasteiger partial charge in [-0.1, -0.05) is 84.0 Å². The van der Waals surface area contributed by atoms with Crippen molar-refractivity contribution < 1.29 is 13.3 Å². The average Bonchev–Trinajstić information content (AvgIpc) is 2.68. The molecule has 7 heteroatoms. The normalized spacial score (nSPS) is 16.0. The van der Waals surface area contributed by atoms with Gasteiger partial charge < -0.3 is 19.0 Å². The first kappa shape index (κ1) is 34.5. The molecule has 0 heterocycles. The highest BCUT2D eigenvalue weighted by Crippen LogP contribution is 2.24. The largest absolute Gasteiger partial charge is 0.416 e. The summed E-state index contributed by atoms with van der Waals surface area (Å²) in [5, 5.41) is 0. The molecule has 2 N–H and O–H groups in total. The van der Waals surface area contributed by atoms with Crippen LogP contribution in [0.4, 0.5) is 0 Å². The molecule has 0 aliphatic carbocycles. The van der Waals surface area contributed by atoms with Crippen LogP contribution < -0.4 is 5.73 Å². The third-order valence-electron chi connectivity index (χ3n) is 5.83. The van der Waals surface area contributed by atoms with E-state index in [1.165, 1.54) is 77.0 Å². The predicted molar refractivity (Wildman–Crippen MR) is 159 cm³/mol. The minimum absolute atomic E-state index is 0.0711. The summed E-state index contributed by atoms with van der Waals surface area (Å²) in [5.41, 5.74) is 6.72. The Hall–Kier alpha value is 0.491. The Morgan fingerprint density at radius 2 is 0.971 bits per heavy atom. The van der Waals surface area contributed by atoms with Gasteiger partial charge in [-0.3, -0.25) is 0 Å². The molecule has 0 saturated carbocycles. The first-order valence-electron chi connectivity index (χ1n) is 14.4. The lowest BCUT2D eigenvalue weighted by molar-refractivity contribution is 0.0109. The Morgan fingerprint density at radius 1 is 0.559 bits per heavy atom. The van der Waals surface area contributed by atoms with Crippen molar-refractivity contribution in [2.24, 2.45) is 5.73 Å². The van der Waals surface area contributed by atoms with E-state index in [-0.39, 0.29) is 18.2 Å². The van der Waals surface area contributed by atoms with Crippen molar-refractivity contribution >= 4 is 25.0 Å². The van der Waals surface area contributed by atoms with Gasteiger partial charge in [0.2, 0.25) is 0 Å². The minimum Gasteiger partial charge on any atom is -0.416 e. The lowest BCUT2D eigenvalue weighted by atomic mass is 10.00. The van der Waals surface area contributed by atoms with Crippen molar-refractivity contribution in [3.63, 3.8) is 0 Å². The molecule has 0 fully saturated rings. The molecule has 3 atom stereocenters. The lowest BCUT2D eigenvalue weighted by Gasteiger charge is -2.39. The molecule has 0 aromatic rings. The van der Waals surface area contributed by atoms with Gasteiger partial charge in [-0.15, -0.1) is 0 Å². The number of rotatable bonds is 22. The van der Waals surface area contributed by atoms with E-state index in [1.807, 2.05) is 0 Å². The Morgan fingerprint density at radius 3 is 1.35 bits per heavy atom. The van der Waals surface area contributed by atoms with Gasteiger partial charge in [0.05, 0.1) is 24.9 Å². The fourth-order valence-corrected chi connectivity index (χ4v) is 7.21. The van der Waals surface area contributed by atoms with E-state index in [4.69, 9.17) is 19.0 Å². The predicted octanol–water partition coefficient (Wildman–Crippen LogP) is 8.70. The smallest absolute Gasteiger partial charge is 0.184 e. The Balaban J connectivity index is 4.67. The van der Waals surface area contributed by atoms with Gasteiger partial charge in [0.25, 0.3) is 0 Å². The molecule has 34 heavy (non-hydrogen) atoms. The number of hydrogen-bond acceptors (Lipinski definition) is 4. The van der Waals surface area contributed by atoms with Gasteiger partial charge in [0.1, 0.15) is 0 Å². The van der Waals surface area contributed by atoms with Crippen LogP contribution in [0.2, 0.25) is 58.9 Å². The highest BCUT2D eigenvalue weighted by molar-refractivity contribution is 6.70. The zero-order valence-electron chi connectivity index (χ0n) is 24.9. The molecular formula is C27H63NO3Si3. The van der Waals surface area contributed by atoms with Crippen molar-refractivity contribution in [3.8, 4) is 0 Å². The van der Waals surface area contributed by atoms with Crippen LogP contribution in [0.5, 0.6) is 0 Å². The lowest BCUT2D eigenvalue weighted by Crippen LogP contribution is -2.55.